The lowest BCUT2D eigenvalue weighted by atomic mass is 9.85. The van der Waals surface area contributed by atoms with E-state index < -0.39 is 12.0 Å². The van der Waals surface area contributed by atoms with Crippen molar-refractivity contribution in [3.63, 3.8) is 0 Å². The summed E-state index contributed by atoms with van der Waals surface area (Å²) in [5, 5.41) is 9.61. The van der Waals surface area contributed by atoms with E-state index in [-0.39, 0.29) is 11.0 Å². The van der Waals surface area contributed by atoms with Crippen LogP contribution < -0.4 is 10.6 Å². The van der Waals surface area contributed by atoms with Crippen molar-refractivity contribution >= 4 is 23.4 Å². The third-order valence-corrected chi connectivity index (χ3v) is 3.53. The van der Waals surface area contributed by atoms with Gasteiger partial charge < -0.3 is 10.8 Å². The predicted molar refractivity (Wildman–Crippen MR) is 90.3 cm³/mol. The summed E-state index contributed by atoms with van der Waals surface area (Å²) < 4.78 is 0. The molecule has 120 valence electrons. The fraction of sp³-hybridized carbons (Fsp3) is 0.222. The Kier molecular flexibility index (Phi) is 4.40. The summed E-state index contributed by atoms with van der Waals surface area (Å²) >= 11 is 0. The summed E-state index contributed by atoms with van der Waals surface area (Å²) in [7, 11) is 0. The Labute approximate surface area is 135 Å². The second-order valence-electron chi connectivity index (χ2n) is 6.34. The van der Waals surface area contributed by atoms with Gasteiger partial charge in [-0.05, 0) is 41.3 Å². The third kappa shape index (κ3) is 3.69. The first-order chi connectivity index (χ1) is 10.7. The fourth-order valence-electron chi connectivity index (χ4n) is 2.26. The van der Waals surface area contributed by atoms with Crippen LogP contribution in [0.2, 0.25) is 0 Å². The molecule has 0 saturated carbocycles. The summed E-state index contributed by atoms with van der Waals surface area (Å²) in [5.41, 5.74) is 7.18. The Morgan fingerprint density at radius 1 is 1.00 bits per heavy atom. The smallest absolute Gasteiger partial charge is 0.416 e. The van der Waals surface area contributed by atoms with E-state index in [0.717, 1.165) is 10.5 Å². The van der Waals surface area contributed by atoms with Crippen LogP contribution in [0.3, 0.4) is 0 Å². The molecular weight excluding hydrogens is 292 g/mol. The molecule has 0 saturated heterocycles. The average Bonchev–Trinajstić information content (AvgIpc) is 2.47. The molecule has 2 rings (SSSR count). The molecule has 0 unspecified atom stereocenters. The molecule has 0 bridgehead atoms. The van der Waals surface area contributed by atoms with Gasteiger partial charge in [0.25, 0.3) is 0 Å². The Morgan fingerprint density at radius 2 is 1.61 bits per heavy atom. The number of carbonyl (C=O) groups is 2. The van der Waals surface area contributed by atoms with Crippen LogP contribution in [0, 0.1) is 0 Å². The van der Waals surface area contributed by atoms with Crippen LogP contribution in [0.15, 0.2) is 48.5 Å². The van der Waals surface area contributed by atoms with E-state index in [2.05, 4.69) is 0 Å². The van der Waals surface area contributed by atoms with E-state index in [0.29, 0.717) is 11.4 Å². The normalized spacial score (nSPS) is 11.1. The number of hydrogen-bond acceptors (Lipinski definition) is 2. The molecule has 0 aliphatic rings. The number of nitrogens with zero attached hydrogens (tertiary/aromatic N) is 1. The number of rotatable bonds is 3. The van der Waals surface area contributed by atoms with Gasteiger partial charge in [-0.2, -0.15) is 0 Å². The van der Waals surface area contributed by atoms with Crippen LogP contribution in [0.25, 0.3) is 0 Å². The van der Waals surface area contributed by atoms with Crippen molar-refractivity contribution in [3.05, 3.63) is 59.7 Å². The molecule has 2 aromatic rings. The average molecular weight is 312 g/mol. The van der Waals surface area contributed by atoms with Crippen LogP contribution in [0.4, 0.5) is 16.2 Å². The summed E-state index contributed by atoms with van der Waals surface area (Å²) in [6.45, 7) is 5.97. The van der Waals surface area contributed by atoms with Gasteiger partial charge in [0, 0.05) is 5.56 Å². The van der Waals surface area contributed by atoms with E-state index in [1.54, 1.807) is 36.4 Å². The summed E-state index contributed by atoms with van der Waals surface area (Å²) in [4.78, 5) is 24.5. The van der Waals surface area contributed by atoms with Crippen molar-refractivity contribution in [3.8, 4) is 0 Å². The highest BCUT2D eigenvalue weighted by molar-refractivity contribution is 5.98. The van der Waals surface area contributed by atoms with Crippen molar-refractivity contribution in [1.82, 2.24) is 0 Å². The van der Waals surface area contributed by atoms with Crippen molar-refractivity contribution in [1.29, 1.82) is 0 Å². The summed E-state index contributed by atoms with van der Waals surface area (Å²) in [5.74, 6) is -0.587. The largest absolute Gasteiger partial charge is 0.464 e. The Balaban J connectivity index is 2.66. The van der Waals surface area contributed by atoms with Crippen LogP contribution >= 0.6 is 0 Å². The maximum Gasteiger partial charge on any atom is 0.416 e. The topological polar surface area (TPSA) is 83.6 Å². The molecule has 0 fully saturated rings. The number of hydrogen-bond donors (Lipinski definition) is 2. The number of anilines is 2. The predicted octanol–water partition coefficient (Wildman–Crippen LogP) is 3.90. The number of amides is 2. The third-order valence-electron chi connectivity index (χ3n) is 3.53. The molecule has 0 heterocycles. The van der Waals surface area contributed by atoms with Crippen LogP contribution in [0.1, 0.15) is 36.7 Å². The molecular formula is C18H20N2O3. The number of carbonyl (C=O) groups excluding carboxylic acids is 1. The zero-order chi connectivity index (χ0) is 17.2. The van der Waals surface area contributed by atoms with Gasteiger partial charge >= 0.3 is 6.09 Å². The monoisotopic (exact) mass is 312 g/mol. The second-order valence-corrected chi connectivity index (χ2v) is 6.34. The number of primary amides is 1. The molecule has 0 radical (unpaired) electrons. The lowest BCUT2D eigenvalue weighted by molar-refractivity contribution is 0.1000. The maximum atomic E-state index is 11.8. The van der Waals surface area contributed by atoms with Gasteiger partial charge in [0.1, 0.15) is 0 Å². The number of benzene rings is 2. The standard InChI is InChI=1S/C18H20N2O3/c1-18(2,3)13-9-12(16(19)21)10-15(11-13)20(17(22)23)14-7-5-4-6-8-14/h4-11H,1-3H3,(H2,19,21)(H,22,23). The van der Waals surface area contributed by atoms with Crippen LogP contribution in [0.5, 0.6) is 0 Å². The Hall–Kier alpha value is -2.82. The van der Waals surface area contributed by atoms with Gasteiger partial charge in [0.05, 0.1) is 11.4 Å². The molecule has 0 spiro atoms. The molecule has 0 aromatic heterocycles. The highest BCUT2D eigenvalue weighted by atomic mass is 16.4. The molecule has 0 aliphatic carbocycles. The van der Waals surface area contributed by atoms with Gasteiger partial charge in [-0.15, -0.1) is 0 Å². The van der Waals surface area contributed by atoms with Gasteiger partial charge in [-0.1, -0.05) is 39.0 Å². The Morgan fingerprint density at radius 3 is 2.09 bits per heavy atom. The van der Waals surface area contributed by atoms with Crippen LogP contribution in [-0.2, 0) is 5.41 Å². The minimum absolute atomic E-state index is 0.249. The zero-order valence-corrected chi connectivity index (χ0v) is 13.4. The van der Waals surface area contributed by atoms with E-state index in [1.807, 2.05) is 26.8 Å². The minimum atomic E-state index is -1.13. The highest BCUT2D eigenvalue weighted by Gasteiger charge is 2.22. The van der Waals surface area contributed by atoms with Crippen molar-refractivity contribution in [2.24, 2.45) is 5.73 Å². The van der Waals surface area contributed by atoms with Gasteiger partial charge in [0.15, 0.2) is 0 Å². The number of para-hydroxylation sites is 1. The van der Waals surface area contributed by atoms with E-state index in [1.165, 1.54) is 6.07 Å². The van der Waals surface area contributed by atoms with Crippen LogP contribution in [-0.4, -0.2) is 17.1 Å². The van der Waals surface area contributed by atoms with Gasteiger partial charge in [-0.3, -0.25) is 4.79 Å². The molecule has 0 atom stereocenters. The first-order valence-electron chi connectivity index (χ1n) is 7.23. The lowest BCUT2D eigenvalue weighted by Crippen LogP contribution is -2.25. The number of nitrogens with two attached hydrogens (primary N) is 1. The SMILES string of the molecule is CC(C)(C)c1cc(C(N)=O)cc(N(C(=O)O)c2ccccc2)c1. The highest BCUT2D eigenvalue weighted by Crippen LogP contribution is 2.32. The van der Waals surface area contributed by atoms with E-state index >= 15 is 0 Å². The number of carboxylic acid groups (broad SMARTS) is 1. The molecule has 5 heteroatoms. The van der Waals surface area contributed by atoms with E-state index in [9.17, 15) is 14.7 Å². The quantitative estimate of drug-likeness (QED) is 0.901. The first kappa shape index (κ1) is 16.5. The van der Waals surface area contributed by atoms with Gasteiger partial charge in [-0.25, -0.2) is 9.69 Å². The molecule has 2 amide bonds. The molecule has 2 aromatic carbocycles. The summed E-state index contributed by atoms with van der Waals surface area (Å²) in [6.07, 6.45) is -1.13. The lowest BCUT2D eigenvalue weighted by Gasteiger charge is -2.25. The van der Waals surface area contributed by atoms with E-state index in [4.69, 9.17) is 5.73 Å². The zero-order valence-electron chi connectivity index (χ0n) is 13.4. The van der Waals surface area contributed by atoms with Crippen molar-refractivity contribution in [2.45, 2.75) is 26.2 Å². The molecule has 3 N–H and O–H groups in total. The fourth-order valence-corrected chi connectivity index (χ4v) is 2.26. The molecule has 5 nitrogen and oxygen atoms in total. The second kappa shape index (κ2) is 6.12. The molecule has 23 heavy (non-hydrogen) atoms. The molecule has 0 aliphatic heterocycles. The van der Waals surface area contributed by atoms with Crippen molar-refractivity contribution < 1.29 is 14.7 Å². The van der Waals surface area contributed by atoms with Gasteiger partial charge in [0.2, 0.25) is 5.91 Å². The maximum absolute atomic E-state index is 11.8. The minimum Gasteiger partial charge on any atom is -0.464 e. The Bertz CT molecular complexity index is 734. The first-order valence-corrected chi connectivity index (χ1v) is 7.23. The summed E-state index contributed by atoms with van der Waals surface area (Å²) in [6, 6.07) is 13.7. The van der Waals surface area contributed by atoms with Crippen molar-refractivity contribution in [2.75, 3.05) is 4.90 Å².